The van der Waals surface area contributed by atoms with Gasteiger partial charge >= 0.3 is 0 Å². The Morgan fingerprint density at radius 1 is 1.04 bits per heavy atom. The van der Waals surface area contributed by atoms with Gasteiger partial charge in [0.2, 0.25) is 0 Å². The summed E-state index contributed by atoms with van der Waals surface area (Å²) < 4.78 is 0. The number of hydrogen-bond acceptors (Lipinski definition) is 5. The third-order valence-electron chi connectivity index (χ3n) is 5.67. The molecule has 0 saturated heterocycles. The van der Waals surface area contributed by atoms with Crippen LogP contribution in [0.3, 0.4) is 0 Å². The summed E-state index contributed by atoms with van der Waals surface area (Å²) in [6.07, 6.45) is 2.32. The number of allylic oxidation sites excluding steroid dienone is 2. The van der Waals surface area contributed by atoms with Crippen LogP contribution in [0.5, 0.6) is 17.2 Å². The van der Waals surface area contributed by atoms with Gasteiger partial charge in [-0.2, -0.15) is 0 Å². The summed E-state index contributed by atoms with van der Waals surface area (Å²) in [6, 6.07) is 6.04. The summed E-state index contributed by atoms with van der Waals surface area (Å²) in [5, 5.41) is 44.0. The number of aliphatic hydroxyl groups is 1. The number of carbonyl (C=O) groups excluding carboxylic acids is 1. The summed E-state index contributed by atoms with van der Waals surface area (Å²) in [4.78, 5) is 13.1. The predicted molar refractivity (Wildman–Crippen MR) is 107 cm³/mol. The number of aromatic hydroxyl groups is 3. The number of rotatable bonds is 3. The molecule has 1 aliphatic rings. The molecule has 3 rings (SSSR count). The summed E-state index contributed by atoms with van der Waals surface area (Å²) in [6.45, 7) is 8.70. The number of benzene rings is 2. The monoisotopic (exact) mass is 382 g/mol. The molecule has 0 aromatic heterocycles. The fourth-order valence-corrected chi connectivity index (χ4v) is 4.04. The van der Waals surface area contributed by atoms with Crippen LogP contribution in [-0.4, -0.2) is 26.2 Å². The Morgan fingerprint density at radius 3 is 2.29 bits per heavy atom. The number of fused-ring (bicyclic) bond motifs is 1. The molecule has 0 spiro atoms. The largest absolute Gasteiger partial charge is 0.508 e. The van der Waals surface area contributed by atoms with Crippen molar-refractivity contribution in [3.63, 3.8) is 0 Å². The second-order valence-electron chi connectivity index (χ2n) is 8.32. The molecule has 1 atom stereocenters. The molecule has 1 aliphatic carbocycles. The van der Waals surface area contributed by atoms with Crippen LogP contribution in [0.25, 0.3) is 0 Å². The maximum absolute atomic E-state index is 13.1. The lowest BCUT2D eigenvalue weighted by molar-refractivity contribution is -0.0155. The summed E-state index contributed by atoms with van der Waals surface area (Å²) in [7, 11) is 0. The lowest BCUT2D eigenvalue weighted by atomic mass is 9.69. The van der Waals surface area contributed by atoms with Gasteiger partial charge in [0.25, 0.3) is 0 Å². The Labute approximate surface area is 164 Å². The van der Waals surface area contributed by atoms with Crippen LogP contribution in [0.4, 0.5) is 0 Å². The Hall–Kier alpha value is -2.79. The van der Waals surface area contributed by atoms with Gasteiger partial charge in [-0.3, -0.25) is 4.79 Å². The minimum Gasteiger partial charge on any atom is -0.508 e. The second-order valence-corrected chi connectivity index (χ2v) is 8.32. The van der Waals surface area contributed by atoms with Crippen molar-refractivity contribution in [1.29, 1.82) is 0 Å². The average Bonchev–Trinajstić information content (AvgIpc) is 2.73. The second kappa shape index (κ2) is 6.38. The molecular weight excluding hydrogens is 356 g/mol. The fraction of sp³-hybridized carbons (Fsp3) is 0.348. The maximum atomic E-state index is 13.1. The average molecular weight is 382 g/mol. The fourth-order valence-electron chi connectivity index (χ4n) is 4.04. The molecule has 148 valence electrons. The van der Waals surface area contributed by atoms with Gasteiger partial charge in [0, 0.05) is 11.1 Å². The summed E-state index contributed by atoms with van der Waals surface area (Å²) in [5.41, 5.74) is -1.22. The molecule has 0 bridgehead atoms. The van der Waals surface area contributed by atoms with Gasteiger partial charge in [0.15, 0.2) is 5.78 Å². The van der Waals surface area contributed by atoms with Crippen molar-refractivity contribution in [3.8, 4) is 17.2 Å². The number of aryl methyl sites for hydroxylation is 1. The molecule has 5 nitrogen and oxygen atoms in total. The van der Waals surface area contributed by atoms with Crippen LogP contribution in [0.15, 0.2) is 35.9 Å². The molecule has 0 fully saturated rings. The van der Waals surface area contributed by atoms with Gasteiger partial charge in [-0.05, 0) is 70.4 Å². The quantitative estimate of drug-likeness (QED) is 0.600. The van der Waals surface area contributed by atoms with Crippen LogP contribution < -0.4 is 0 Å². The van der Waals surface area contributed by atoms with E-state index in [1.54, 1.807) is 32.9 Å². The van der Waals surface area contributed by atoms with Crippen molar-refractivity contribution in [2.75, 3.05) is 0 Å². The summed E-state index contributed by atoms with van der Waals surface area (Å²) >= 11 is 0. The zero-order chi connectivity index (χ0) is 21.0. The first-order valence-electron chi connectivity index (χ1n) is 9.21. The van der Waals surface area contributed by atoms with Gasteiger partial charge in [0.05, 0.1) is 11.0 Å². The van der Waals surface area contributed by atoms with E-state index in [4.69, 9.17) is 0 Å². The Morgan fingerprint density at radius 2 is 1.68 bits per heavy atom. The molecule has 0 saturated carbocycles. The Kier molecular flexibility index (Phi) is 4.55. The molecule has 0 heterocycles. The van der Waals surface area contributed by atoms with E-state index in [2.05, 4.69) is 0 Å². The molecule has 0 radical (unpaired) electrons. The molecule has 0 aliphatic heterocycles. The first-order valence-corrected chi connectivity index (χ1v) is 9.21. The number of phenolic OH excluding ortho intramolecular Hbond substituents is 3. The third-order valence-corrected chi connectivity index (χ3v) is 5.67. The van der Waals surface area contributed by atoms with Crippen molar-refractivity contribution in [1.82, 2.24) is 0 Å². The highest BCUT2D eigenvalue weighted by atomic mass is 16.3. The van der Waals surface area contributed by atoms with E-state index in [-0.39, 0.29) is 39.7 Å². The molecule has 2 aromatic carbocycles. The van der Waals surface area contributed by atoms with E-state index in [1.807, 2.05) is 19.9 Å². The van der Waals surface area contributed by atoms with Crippen LogP contribution in [0, 0.1) is 12.3 Å². The number of ketones is 1. The van der Waals surface area contributed by atoms with Crippen LogP contribution in [-0.2, 0) is 12.0 Å². The molecule has 5 heteroatoms. The highest BCUT2D eigenvalue weighted by Gasteiger charge is 2.61. The smallest absolute Gasteiger partial charge is 0.172 e. The van der Waals surface area contributed by atoms with Crippen LogP contribution in [0.1, 0.15) is 60.3 Å². The first kappa shape index (κ1) is 20.0. The lowest BCUT2D eigenvalue weighted by Crippen LogP contribution is -2.42. The van der Waals surface area contributed by atoms with Crippen LogP contribution in [0.2, 0.25) is 0 Å². The standard InChI is InChI=1S/C23H26O5/c1-12(2)6-7-14-8-9-16(24)19(20(14)26)23(28)18-15(21(27)22(23,4)5)10-13(3)11-17(18)25/h6,8-11,24-26,28H,7H2,1-5H3. The zero-order valence-electron chi connectivity index (χ0n) is 16.8. The molecule has 2 aromatic rings. The van der Waals surface area contributed by atoms with Gasteiger partial charge in [-0.25, -0.2) is 0 Å². The van der Waals surface area contributed by atoms with Crippen molar-refractivity contribution in [2.24, 2.45) is 5.41 Å². The normalized spacial score (nSPS) is 20.1. The minimum atomic E-state index is -2.09. The molecule has 28 heavy (non-hydrogen) atoms. The number of hydrogen-bond donors (Lipinski definition) is 4. The SMILES string of the molecule is CC(C)=CCc1ccc(O)c(C2(O)c3c(O)cc(C)cc3C(=O)C2(C)C)c1O. The third kappa shape index (κ3) is 2.61. The van der Waals surface area contributed by atoms with E-state index >= 15 is 0 Å². The van der Waals surface area contributed by atoms with E-state index in [0.29, 0.717) is 17.5 Å². The van der Waals surface area contributed by atoms with E-state index in [0.717, 1.165) is 5.57 Å². The van der Waals surface area contributed by atoms with Crippen molar-refractivity contribution in [2.45, 2.75) is 46.6 Å². The predicted octanol–water partition coefficient (Wildman–Crippen LogP) is 4.08. The number of Topliss-reactive ketones (excluding diaryl/α,β-unsaturated/α-hetero) is 1. The van der Waals surface area contributed by atoms with Crippen LogP contribution >= 0.6 is 0 Å². The van der Waals surface area contributed by atoms with Crippen molar-refractivity contribution in [3.05, 3.63) is 63.7 Å². The van der Waals surface area contributed by atoms with Gasteiger partial charge in [-0.1, -0.05) is 17.7 Å². The minimum absolute atomic E-state index is 0.0121. The topological polar surface area (TPSA) is 98.0 Å². The van der Waals surface area contributed by atoms with Gasteiger partial charge in [0.1, 0.15) is 22.8 Å². The Balaban J connectivity index is 2.37. The number of carbonyl (C=O) groups is 1. The summed E-state index contributed by atoms with van der Waals surface area (Å²) in [5.74, 6) is -1.23. The highest BCUT2D eigenvalue weighted by Crippen LogP contribution is 2.60. The molecular formula is C23H26O5. The first-order chi connectivity index (χ1) is 12.9. The van der Waals surface area contributed by atoms with E-state index in [1.165, 1.54) is 12.1 Å². The van der Waals surface area contributed by atoms with Crippen molar-refractivity contribution < 1.29 is 25.2 Å². The molecule has 0 amide bonds. The molecule has 1 unspecified atom stereocenters. The van der Waals surface area contributed by atoms with E-state index < -0.39 is 11.0 Å². The maximum Gasteiger partial charge on any atom is 0.172 e. The Bertz CT molecular complexity index is 1010. The molecule has 4 N–H and O–H groups in total. The van der Waals surface area contributed by atoms with Crippen molar-refractivity contribution >= 4 is 5.78 Å². The van der Waals surface area contributed by atoms with Gasteiger partial charge < -0.3 is 20.4 Å². The lowest BCUT2D eigenvalue weighted by Gasteiger charge is -2.37. The van der Waals surface area contributed by atoms with Gasteiger partial charge in [-0.15, -0.1) is 0 Å². The highest BCUT2D eigenvalue weighted by molar-refractivity contribution is 6.08. The van der Waals surface area contributed by atoms with E-state index in [9.17, 15) is 25.2 Å². The number of phenols is 3. The zero-order valence-corrected chi connectivity index (χ0v) is 16.8.